The van der Waals surface area contributed by atoms with E-state index in [0.29, 0.717) is 11.4 Å². The third-order valence-corrected chi connectivity index (χ3v) is 4.55. The van der Waals surface area contributed by atoms with Crippen LogP contribution in [0.25, 0.3) is 0 Å². The van der Waals surface area contributed by atoms with Crippen LogP contribution in [-0.2, 0) is 11.2 Å². The number of aromatic nitrogens is 3. The van der Waals surface area contributed by atoms with Gasteiger partial charge in [-0.3, -0.25) is 9.59 Å². The predicted octanol–water partition coefficient (Wildman–Crippen LogP) is 3.22. The number of ether oxygens (including phenoxy) is 1. The fourth-order valence-corrected chi connectivity index (χ4v) is 2.67. The minimum atomic E-state index is -4.29. The van der Waals surface area contributed by atoms with E-state index in [2.05, 4.69) is 20.3 Å². The van der Waals surface area contributed by atoms with Crippen molar-refractivity contribution in [3.05, 3.63) is 47.7 Å². The zero-order valence-electron chi connectivity index (χ0n) is 16.3. The lowest BCUT2D eigenvalue weighted by molar-refractivity contribution is -0.139. The van der Waals surface area contributed by atoms with Crippen LogP contribution in [0.5, 0.6) is 5.88 Å². The van der Waals surface area contributed by atoms with Crippen molar-refractivity contribution in [2.24, 2.45) is 5.92 Å². The zero-order valence-corrected chi connectivity index (χ0v) is 16.3. The minimum Gasteiger partial charge on any atom is -0.477 e. The molecule has 1 unspecified atom stereocenters. The Labute approximate surface area is 171 Å². The normalized spacial score (nSPS) is 14.8. The summed E-state index contributed by atoms with van der Waals surface area (Å²) in [6.07, 6.45) is -0.570. The van der Waals surface area contributed by atoms with Gasteiger partial charge in [0.05, 0.1) is 25.5 Å². The van der Waals surface area contributed by atoms with E-state index in [0.717, 1.165) is 12.8 Å². The number of carbonyl (C=O) groups excluding carboxylic acids is 2. The van der Waals surface area contributed by atoms with Crippen molar-refractivity contribution in [3.63, 3.8) is 0 Å². The van der Waals surface area contributed by atoms with Gasteiger partial charge in [0.2, 0.25) is 5.88 Å². The average molecular weight is 422 g/mol. The molecule has 10 heteroatoms. The molecule has 160 valence electrons. The number of rotatable bonds is 9. The molecule has 30 heavy (non-hydrogen) atoms. The van der Waals surface area contributed by atoms with Crippen molar-refractivity contribution in [2.75, 3.05) is 6.61 Å². The summed E-state index contributed by atoms with van der Waals surface area (Å²) in [7, 11) is 0. The van der Waals surface area contributed by atoms with Gasteiger partial charge < -0.3 is 10.1 Å². The van der Waals surface area contributed by atoms with E-state index in [9.17, 15) is 22.8 Å². The van der Waals surface area contributed by atoms with Crippen LogP contribution in [0.2, 0.25) is 0 Å². The average Bonchev–Trinajstić information content (AvgIpc) is 3.53. The van der Waals surface area contributed by atoms with Crippen LogP contribution in [0.1, 0.15) is 54.1 Å². The van der Waals surface area contributed by atoms with Gasteiger partial charge in [-0.05, 0) is 31.4 Å². The van der Waals surface area contributed by atoms with E-state index in [1.807, 2.05) is 0 Å². The number of hydrogen-bond donors (Lipinski definition) is 1. The standard InChI is InChI=1S/C20H21F3N4O3/c1-12(14-4-5-18(25-11-14)30-9-7-20(21,22)23)26-19(29)15-6-8-24-17(27-15)10-16(28)13-2-3-13/h4-6,8,11-13H,2-3,7,9-10H2,1H3,(H,26,29). The van der Waals surface area contributed by atoms with Crippen LogP contribution in [-0.4, -0.2) is 39.4 Å². The van der Waals surface area contributed by atoms with Gasteiger partial charge in [0.1, 0.15) is 17.3 Å². The van der Waals surface area contributed by atoms with E-state index in [1.54, 1.807) is 13.0 Å². The molecule has 0 radical (unpaired) electrons. The summed E-state index contributed by atoms with van der Waals surface area (Å²) >= 11 is 0. The van der Waals surface area contributed by atoms with E-state index < -0.39 is 31.2 Å². The van der Waals surface area contributed by atoms with Crippen molar-refractivity contribution in [1.82, 2.24) is 20.3 Å². The number of nitrogens with zero attached hydrogens (tertiary/aromatic N) is 3. The molecule has 0 bridgehead atoms. The van der Waals surface area contributed by atoms with Crippen molar-refractivity contribution < 1.29 is 27.5 Å². The number of Topliss-reactive ketones (excluding diaryl/α,β-unsaturated/α-hetero) is 1. The fraction of sp³-hybridized carbons (Fsp3) is 0.450. The number of ketones is 1. The van der Waals surface area contributed by atoms with Gasteiger partial charge in [0.25, 0.3) is 5.91 Å². The Morgan fingerprint density at radius 1 is 1.23 bits per heavy atom. The Morgan fingerprint density at radius 2 is 2.00 bits per heavy atom. The maximum Gasteiger partial charge on any atom is 0.392 e. The molecule has 1 atom stereocenters. The van der Waals surface area contributed by atoms with Gasteiger partial charge in [-0.1, -0.05) is 6.07 Å². The van der Waals surface area contributed by atoms with Gasteiger partial charge in [-0.2, -0.15) is 13.2 Å². The van der Waals surface area contributed by atoms with Crippen molar-refractivity contribution in [3.8, 4) is 5.88 Å². The van der Waals surface area contributed by atoms with Gasteiger partial charge in [0.15, 0.2) is 0 Å². The molecule has 1 aliphatic rings. The quantitative estimate of drug-likeness (QED) is 0.667. The minimum absolute atomic E-state index is 0.0716. The summed E-state index contributed by atoms with van der Waals surface area (Å²) in [6.45, 7) is 1.22. The molecular weight excluding hydrogens is 401 g/mol. The molecule has 2 aromatic rings. The highest BCUT2D eigenvalue weighted by molar-refractivity contribution is 5.92. The molecule has 1 saturated carbocycles. The second-order valence-electron chi connectivity index (χ2n) is 7.11. The summed E-state index contributed by atoms with van der Waals surface area (Å²) in [4.78, 5) is 36.6. The predicted molar refractivity (Wildman–Crippen MR) is 99.8 cm³/mol. The van der Waals surface area contributed by atoms with Gasteiger partial charge in [-0.25, -0.2) is 15.0 Å². The summed E-state index contributed by atoms with van der Waals surface area (Å²) in [5, 5.41) is 2.77. The van der Waals surface area contributed by atoms with Crippen molar-refractivity contribution >= 4 is 11.7 Å². The summed E-state index contributed by atoms with van der Waals surface area (Å²) in [6, 6.07) is 4.09. The number of amides is 1. The number of nitrogens with one attached hydrogen (secondary N) is 1. The second-order valence-corrected chi connectivity index (χ2v) is 7.11. The molecule has 2 heterocycles. The maximum absolute atomic E-state index is 12.5. The number of halogens is 3. The fourth-order valence-electron chi connectivity index (χ4n) is 2.67. The van der Waals surface area contributed by atoms with E-state index in [4.69, 9.17) is 4.74 Å². The van der Waals surface area contributed by atoms with Crippen LogP contribution in [0, 0.1) is 5.92 Å². The van der Waals surface area contributed by atoms with Crippen LogP contribution in [0.3, 0.4) is 0 Å². The van der Waals surface area contributed by atoms with Crippen molar-refractivity contribution in [2.45, 2.75) is 44.8 Å². The monoisotopic (exact) mass is 422 g/mol. The summed E-state index contributed by atoms with van der Waals surface area (Å²) in [5.41, 5.74) is 0.792. The first-order chi connectivity index (χ1) is 14.2. The van der Waals surface area contributed by atoms with E-state index >= 15 is 0 Å². The lowest BCUT2D eigenvalue weighted by atomic mass is 10.1. The molecule has 1 aliphatic carbocycles. The van der Waals surface area contributed by atoms with Gasteiger partial charge in [0, 0.05) is 24.4 Å². The molecular formula is C20H21F3N4O3. The largest absolute Gasteiger partial charge is 0.477 e. The van der Waals surface area contributed by atoms with Gasteiger partial charge >= 0.3 is 6.18 Å². The Balaban J connectivity index is 1.54. The zero-order chi connectivity index (χ0) is 21.7. The Kier molecular flexibility index (Phi) is 6.63. The summed E-state index contributed by atoms with van der Waals surface area (Å²) < 4.78 is 41.4. The lowest BCUT2D eigenvalue weighted by Crippen LogP contribution is -2.28. The Morgan fingerprint density at radius 3 is 2.63 bits per heavy atom. The third-order valence-electron chi connectivity index (χ3n) is 4.55. The topological polar surface area (TPSA) is 94.1 Å². The van der Waals surface area contributed by atoms with E-state index in [-0.39, 0.29) is 29.7 Å². The van der Waals surface area contributed by atoms with Crippen molar-refractivity contribution in [1.29, 1.82) is 0 Å². The molecule has 3 rings (SSSR count). The highest BCUT2D eigenvalue weighted by atomic mass is 19.4. The maximum atomic E-state index is 12.5. The number of hydrogen-bond acceptors (Lipinski definition) is 6. The third kappa shape index (κ3) is 6.50. The molecule has 0 aliphatic heterocycles. The van der Waals surface area contributed by atoms with Crippen LogP contribution >= 0.6 is 0 Å². The van der Waals surface area contributed by atoms with Crippen LogP contribution in [0.4, 0.5) is 13.2 Å². The van der Waals surface area contributed by atoms with Crippen LogP contribution < -0.4 is 10.1 Å². The first-order valence-corrected chi connectivity index (χ1v) is 9.52. The highest BCUT2D eigenvalue weighted by Crippen LogP contribution is 2.30. The molecule has 0 spiro atoms. The summed E-state index contributed by atoms with van der Waals surface area (Å²) in [5.74, 6) is 0.135. The SMILES string of the molecule is CC(NC(=O)c1ccnc(CC(=O)C2CC2)n1)c1ccc(OCCC(F)(F)F)nc1. The Hall–Kier alpha value is -3.04. The van der Waals surface area contributed by atoms with E-state index in [1.165, 1.54) is 24.5 Å². The highest BCUT2D eigenvalue weighted by Gasteiger charge is 2.30. The molecule has 1 fully saturated rings. The molecule has 1 N–H and O–H groups in total. The molecule has 0 saturated heterocycles. The van der Waals surface area contributed by atoms with Gasteiger partial charge in [-0.15, -0.1) is 0 Å². The number of carbonyl (C=O) groups is 2. The first-order valence-electron chi connectivity index (χ1n) is 9.52. The first kappa shape index (κ1) is 21.7. The molecule has 0 aromatic carbocycles. The molecule has 7 nitrogen and oxygen atoms in total. The molecule has 1 amide bonds. The Bertz CT molecular complexity index is 899. The number of alkyl halides is 3. The lowest BCUT2D eigenvalue weighted by Gasteiger charge is -2.14. The smallest absolute Gasteiger partial charge is 0.392 e. The number of pyridine rings is 1. The van der Waals surface area contributed by atoms with Crippen LogP contribution in [0.15, 0.2) is 30.6 Å². The molecule has 2 aromatic heterocycles. The second kappa shape index (κ2) is 9.19.